The predicted octanol–water partition coefficient (Wildman–Crippen LogP) is 0.559. The van der Waals surface area contributed by atoms with Gasteiger partial charge in [-0.25, -0.2) is 0 Å². The molecule has 1 atom stereocenters. The van der Waals surface area contributed by atoms with Crippen molar-refractivity contribution in [3.05, 3.63) is 0 Å². The zero-order valence-corrected chi connectivity index (χ0v) is 8.61. The van der Waals surface area contributed by atoms with Crippen LogP contribution >= 0.6 is 12.4 Å². The Bertz CT molecular complexity index is 160. The quantitative estimate of drug-likeness (QED) is 0.660. The zero-order valence-electron chi connectivity index (χ0n) is 7.79. The molecule has 1 unspecified atom stereocenters. The first-order chi connectivity index (χ1) is 5.85. The fourth-order valence-corrected chi connectivity index (χ4v) is 2.29. The van der Waals surface area contributed by atoms with Crippen molar-refractivity contribution < 1.29 is 9.84 Å². The van der Waals surface area contributed by atoms with Crippen LogP contribution in [0.2, 0.25) is 0 Å². The van der Waals surface area contributed by atoms with E-state index in [9.17, 15) is 0 Å². The van der Waals surface area contributed by atoms with Crippen LogP contribution in [-0.2, 0) is 4.74 Å². The third kappa shape index (κ3) is 2.34. The second kappa shape index (κ2) is 4.60. The zero-order chi connectivity index (χ0) is 8.44. The molecule has 4 heteroatoms. The number of nitrogens with one attached hydrogen (secondary N) is 1. The minimum absolute atomic E-state index is 0. The van der Waals surface area contributed by atoms with E-state index in [0.29, 0.717) is 5.92 Å². The summed E-state index contributed by atoms with van der Waals surface area (Å²) >= 11 is 0. The van der Waals surface area contributed by atoms with Crippen LogP contribution in [0.4, 0.5) is 0 Å². The molecule has 1 spiro atoms. The SMILES string of the molecule is Cl.OCC1COC2(CCNCC2)C1. The molecule has 0 amide bonds. The summed E-state index contributed by atoms with van der Waals surface area (Å²) in [5.41, 5.74) is 0.124. The van der Waals surface area contributed by atoms with Crippen molar-refractivity contribution >= 4 is 12.4 Å². The van der Waals surface area contributed by atoms with Crippen LogP contribution < -0.4 is 5.32 Å². The third-order valence-corrected chi connectivity index (χ3v) is 3.06. The Balaban J connectivity index is 0.000000845. The highest BCUT2D eigenvalue weighted by atomic mass is 35.5. The van der Waals surface area contributed by atoms with E-state index < -0.39 is 0 Å². The lowest BCUT2D eigenvalue weighted by atomic mass is 9.86. The van der Waals surface area contributed by atoms with Gasteiger partial charge < -0.3 is 15.2 Å². The van der Waals surface area contributed by atoms with Gasteiger partial charge in [0, 0.05) is 12.5 Å². The van der Waals surface area contributed by atoms with Gasteiger partial charge in [-0.15, -0.1) is 12.4 Å². The minimum atomic E-state index is 0. The summed E-state index contributed by atoms with van der Waals surface area (Å²) in [6.07, 6.45) is 3.29. The Hall–Kier alpha value is 0.170. The largest absolute Gasteiger partial charge is 0.396 e. The van der Waals surface area contributed by atoms with Gasteiger partial charge in [-0.2, -0.15) is 0 Å². The van der Waals surface area contributed by atoms with Crippen LogP contribution in [0.1, 0.15) is 19.3 Å². The highest BCUT2D eigenvalue weighted by Gasteiger charge is 2.40. The second-order valence-electron chi connectivity index (χ2n) is 4.00. The molecule has 2 saturated heterocycles. The van der Waals surface area contributed by atoms with E-state index in [4.69, 9.17) is 9.84 Å². The van der Waals surface area contributed by atoms with E-state index >= 15 is 0 Å². The van der Waals surface area contributed by atoms with Crippen LogP contribution in [0, 0.1) is 5.92 Å². The lowest BCUT2D eigenvalue weighted by molar-refractivity contribution is -0.0200. The maximum atomic E-state index is 8.98. The van der Waals surface area contributed by atoms with Gasteiger partial charge in [0.2, 0.25) is 0 Å². The molecule has 0 saturated carbocycles. The monoisotopic (exact) mass is 207 g/mol. The number of hydrogen-bond acceptors (Lipinski definition) is 3. The summed E-state index contributed by atoms with van der Waals surface area (Å²) in [7, 11) is 0. The normalized spacial score (nSPS) is 31.6. The molecule has 0 aromatic heterocycles. The molecule has 0 aromatic carbocycles. The Morgan fingerprint density at radius 3 is 2.62 bits per heavy atom. The molecule has 0 aliphatic carbocycles. The molecular formula is C9H18ClNO2. The number of piperidine rings is 1. The topological polar surface area (TPSA) is 41.5 Å². The first-order valence-electron chi connectivity index (χ1n) is 4.80. The second-order valence-corrected chi connectivity index (χ2v) is 4.00. The molecule has 0 radical (unpaired) electrons. The first-order valence-corrected chi connectivity index (χ1v) is 4.80. The molecular weight excluding hydrogens is 190 g/mol. The van der Waals surface area contributed by atoms with E-state index in [1.807, 2.05) is 0 Å². The molecule has 0 bridgehead atoms. The van der Waals surface area contributed by atoms with E-state index in [1.54, 1.807) is 0 Å². The van der Waals surface area contributed by atoms with Crippen LogP contribution in [0.25, 0.3) is 0 Å². The van der Waals surface area contributed by atoms with E-state index in [2.05, 4.69) is 5.32 Å². The summed E-state index contributed by atoms with van der Waals surface area (Å²) in [4.78, 5) is 0. The molecule has 2 heterocycles. The lowest BCUT2D eigenvalue weighted by Crippen LogP contribution is -2.41. The number of hydrogen-bond donors (Lipinski definition) is 2. The molecule has 0 aromatic rings. The third-order valence-electron chi connectivity index (χ3n) is 3.06. The van der Waals surface area contributed by atoms with Crippen molar-refractivity contribution in [2.24, 2.45) is 5.92 Å². The van der Waals surface area contributed by atoms with Crippen LogP contribution in [0.15, 0.2) is 0 Å². The average Bonchev–Trinajstić information content (AvgIpc) is 2.50. The molecule has 2 fully saturated rings. The Kier molecular flexibility index (Phi) is 3.98. The number of aliphatic hydroxyl groups is 1. The van der Waals surface area contributed by atoms with Gasteiger partial charge in [0.1, 0.15) is 0 Å². The fraction of sp³-hybridized carbons (Fsp3) is 1.00. The van der Waals surface area contributed by atoms with E-state index in [1.165, 1.54) is 0 Å². The fourth-order valence-electron chi connectivity index (χ4n) is 2.29. The maximum Gasteiger partial charge on any atom is 0.0711 e. The van der Waals surface area contributed by atoms with Crippen LogP contribution in [-0.4, -0.2) is 37.0 Å². The molecule has 2 N–H and O–H groups in total. The molecule has 2 aliphatic heterocycles. The van der Waals surface area contributed by atoms with Gasteiger partial charge in [-0.3, -0.25) is 0 Å². The number of aliphatic hydroxyl groups excluding tert-OH is 1. The average molecular weight is 208 g/mol. The van der Waals surface area contributed by atoms with E-state index in [-0.39, 0.29) is 24.6 Å². The van der Waals surface area contributed by atoms with Gasteiger partial charge in [0.25, 0.3) is 0 Å². The minimum Gasteiger partial charge on any atom is -0.396 e. The highest BCUT2D eigenvalue weighted by Crippen LogP contribution is 2.36. The first kappa shape index (κ1) is 11.2. The van der Waals surface area contributed by atoms with E-state index in [0.717, 1.165) is 39.0 Å². The van der Waals surface area contributed by atoms with Crippen molar-refractivity contribution in [2.45, 2.75) is 24.9 Å². The lowest BCUT2D eigenvalue weighted by Gasteiger charge is -2.32. The van der Waals surface area contributed by atoms with Crippen molar-refractivity contribution in [3.8, 4) is 0 Å². The van der Waals surface area contributed by atoms with Crippen LogP contribution in [0.3, 0.4) is 0 Å². The Labute approximate surface area is 85.3 Å². The van der Waals surface area contributed by atoms with Crippen molar-refractivity contribution in [2.75, 3.05) is 26.3 Å². The number of rotatable bonds is 1. The molecule has 3 nitrogen and oxygen atoms in total. The standard InChI is InChI=1S/C9H17NO2.ClH/c11-6-8-5-9(12-7-8)1-3-10-4-2-9;/h8,10-11H,1-7H2;1H. The smallest absolute Gasteiger partial charge is 0.0711 e. The summed E-state index contributed by atoms with van der Waals surface area (Å²) in [6, 6.07) is 0. The van der Waals surface area contributed by atoms with Gasteiger partial charge in [-0.05, 0) is 32.4 Å². The number of halogens is 1. The predicted molar refractivity (Wildman–Crippen MR) is 53.2 cm³/mol. The molecule has 2 aliphatic rings. The highest BCUT2D eigenvalue weighted by molar-refractivity contribution is 5.85. The molecule has 2 rings (SSSR count). The Morgan fingerprint density at radius 1 is 1.38 bits per heavy atom. The summed E-state index contributed by atoms with van der Waals surface area (Å²) < 4.78 is 5.78. The van der Waals surface area contributed by atoms with Crippen molar-refractivity contribution in [3.63, 3.8) is 0 Å². The summed E-state index contributed by atoms with van der Waals surface area (Å²) in [5.74, 6) is 0.392. The van der Waals surface area contributed by atoms with Gasteiger partial charge in [-0.1, -0.05) is 0 Å². The molecule has 78 valence electrons. The van der Waals surface area contributed by atoms with Gasteiger partial charge in [0.05, 0.1) is 12.2 Å². The molecule has 13 heavy (non-hydrogen) atoms. The summed E-state index contributed by atoms with van der Waals surface area (Å²) in [5, 5.41) is 12.3. The Morgan fingerprint density at radius 2 is 2.08 bits per heavy atom. The van der Waals surface area contributed by atoms with Crippen LogP contribution in [0.5, 0.6) is 0 Å². The maximum absolute atomic E-state index is 8.98. The number of ether oxygens (including phenoxy) is 1. The van der Waals surface area contributed by atoms with Crippen molar-refractivity contribution in [1.82, 2.24) is 5.32 Å². The van der Waals surface area contributed by atoms with Gasteiger partial charge >= 0.3 is 0 Å². The summed E-state index contributed by atoms with van der Waals surface area (Å²) in [6.45, 7) is 3.18. The van der Waals surface area contributed by atoms with Gasteiger partial charge in [0.15, 0.2) is 0 Å². The van der Waals surface area contributed by atoms with Crippen molar-refractivity contribution in [1.29, 1.82) is 0 Å².